The van der Waals surface area contributed by atoms with Gasteiger partial charge in [-0.2, -0.15) is 0 Å². The molecule has 0 amide bonds. The Morgan fingerprint density at radius 1 is 0.857 bits per heavy atom. The van der Waals surface area contributed by atoms with Crippen molar-refractivity contribution in [2.75, 3.05) is 26.1 Å². The monoisotopic (exact) mass is 791 g/mol. The standard InChI is InChI=1S/C47H53NO6S2/c1-3-28-51-47-44(56-38-17-8-5-9-18-38)31-42(48-52-32-33-14-6-4-7-15-33)40-29-34(16-10-12-26-49)39(19-11-13-27-50)45(46(40)47)41-30-36(22-25-43(41)54-47)53-35-20-23-37(55-2)24-21-35/h3-9,14-15,17-18,20-25,29-30,34,39,44-46,49-50H,1,10-13,16,19,26-28,31-32H2,2H3/t34-,39+,44-,45+,46+,47+/m0/s1. The predicted octanol–water partition coefficient (Wildman–Crippen LogP) is 10.8. The molecule has 6 atom stereocenters. The topological polar surface area (TPSA) is 89.7 Å². The summed E-state index contributed by atoms with van der Waals surface area (Å²) in [6.45, 7) is 5.06. The number of oxime groups is 1. The first kappa shape index (κ1) is 40.2. The molecule has 1 heterocycles. The van der Waals surface area contributed by atoms with E-state index in [0.29, 0.717) is 19.6 Å². The van der Waals surface area contributed by atoms with E-state index in [4.69, 9.17) is 24.2 Å². The van der Waals surface area contributed by atoms with Gasteiger partial charge in [-0.1, -0.05) is 78.7 Å². The summed E-state index contributed by atoms with van der Waals surface area (Å²) in [5.41, 5.74) is 4.16. The third-order valence-electron chi connectivity index (χ3n) is 11.2. The number of ether oxygens (including phenoxy) is 3. The summed E-state index contributed by atoms with van der Waals surface area (Å²) in [4.78, 5) is 8.51. The average Bonchev–Trinajstić information content (AvgIpc) is 3.23. The lowest BCUT2D eigenvalue weighted by Gasteiger charge is -2.58. The lowest BCUT2D eigenvalue weighted by Crippen LogP contribution is -2.64. The van der Waals surface area contributed by atoms with Gasteiger partial charge in [0, 0.05) is 40.9 Å². The van der Waals surface area contributed by atoms with Crippen molar-refractivity contribution in [2.45, 2.75) is 78.3 Å². The molecule has 1 aliphatic heterocycles. The average molecular weight is 792 g/mol. The third kappa shape index (κ3) is 9.08. The van der Waals surface area contributed by atoms with E-state index in [0.717, 1.165) is 83.1 Å². The van der Waals surface area contributed by atoms with Crippen LogP contribution in [0.15, 0.2) is 142 Å². The molecule has 56 heavy (non-hydrogen) atoms. The number of hydrogen-bond acceptors (Lipinski definition) is 9. The van der Waals surface area contributed by atoms with Gasteiger partial charge in [0.2, 0.25) is 5.79 Å². The van der Waals surface area contributed by atoms with Gasteiger partial charge < -0.3 is 29.3 Å². The molecule has 0 saturated heterocycles. The highest BCUT2D eigenvalue weighted by atomic mass is 32.2. The lowest BCUT2D eigenvalue weighted by molar-refractivity contribution is -0.223. The number of aliphatic hydroxyl groups is 2. The maximum absolute atomic E-state index is 9.94. The fourth-order valence-corrected chi connectivity index (χ4v) is 10.4. The zero-order chi connectivity index (χ0) is 38.7. The first-order chi connectivity index (χ1) is 27.6. The van der Waals surface area contributed by atoms with Gasteiger partial charge in [-0.05, 0) is 110 Å². The van der Waals surface area contributed by atoms with Crippen molar-refractivity contribution in [1.82, 2.24) is 0 Å². The van der Waals surface area contributed by atoms with Crippen molar-refractivity contribution in [3.63, 3.8) is 0 Å². The molecule has 0 radical (unpaired) electrons. The fourth-order valence-electron chi connectivity index (χ4n) is 8.69. The van der Waals surface area contributed by atoms with Crippen LogP contribution in [0.2, 0.25) is 0 Å². The predicted molar refractivity (Wildman–Crippen MR) is 227 cm³/mol. The second-order valence-corrected chi connectivity index (χ2v) is 16.9. The fraction of sp³-hybridized carbons (Fsp3) is 0.383. The van der Waals surface area contributed by atoms with Crippen LogP contribution in [0.4, 0.5) is 0 Å². The van der Waals surface area contributed by atoms with E-state index in [-0.39, 0.29) is 42.1 Å². The molecular weight excluding hydrogens is 739 g/mol. The Morgan fingerprint density at radius 3 is 2.29 bits per heavy atom. The molecule has 3 aliphatic rings. The molecule has 7 rings (SSSR count). The highest BCUT2D eigenvalue weighted by Crippen LogP contribution is 2.63. The molecule has 0 bridgehead atoms. The smallest absolute Gasteiger partial charge is 0.231 e. The number of nitrogens with zero attached hydrogens (tertiary/aromatic N) is 1. The van der Waals surface area contributed by atoms with Crippen LogP contribution >= 0.6 is 23.5 Å². The van der Waals surface area contributed by atoms with Gasteiger partial charge in [0.05, 0.1) is 23.5 Å². The molecule has 1 fully saturated rings. The SMILES string of the molecule is C=CCO[C@@]12Oc3ccc(Oc4ccc(SC)cc4)cc3[C@H]3[C@H](CCCCO)[C@@H](CCCCO)C=C(C(=NOCc4ccccc4)C[C@@H]1Sc1ccccc1)[C@H]32. The minimum atomic E-state index is -1.06. The van der Waals surface area contributed by atoms with Gasteiger partial charge in [-0.25, -0.2) is 0 Å². The van der Waals surface area contributed by atoms with Crippen LogP contribution in [0, 0.1) is 17.8 Å². The first-order valence-electron chi connectivity index (χ1n) is 19.8. The minimum absolute atomic E-state index is 0.0256. The summed E-state index contributed by atoms with van der Waals surface area (Å²) in [5.74, 6) is 1.40. The number of fused-ring (bicyclic) bond motifs is 2. The second-order valence-electron chi connectivity index (χ2n) is 14.7. The summed E-state index contributed by atoms with van der Waals surface area (Å²) in [5, 5.41) is 24.6. The molecule has 2 N–H and O–H groups in total. The molecule has 0 unspecified atom stereocenters. The van der Waals surface area contributed by atoms with Crippen molar-refractivity contribution in [3.8, 4) is 17.2 Å². The van der Waals surface area contributed by atoms with Gasteiger partial charge >= 0.3 is 0 Å². The third-order valence-corrected chi connectivity index (χ3v) is 13.3. The summed E-state index contributed by atoms with van der Waals surface area (Å²) < 4.78 is 21.0. The number of hydrogen-bond donors (Lipinski definition) is 2. The zero-order valence-corrected chi connectivity index (χ0v) is 33.8. The van der Waals surface area contributed by atoms with Crippen LogP contribution in [0.3, 0.4) is 0 Å². The normalized spacial score (nSPS) is 24.4. The number of rotatable bonds is 19. The van der Waals surface area contributed by atoms with Gasteiger partial charge in [-0.15, -0.1) is 30.1 Å². The Hall–Kier alpha value is -3.99. The summed E-state index contributed by atoms with van der Waals surface area (Å²) >= 11 is 3.46. The number of allylic oxidation sites excluding steroid dienone is 1. The van der Waals surface area contributed by atoms with E-state index < -0.39 is 5.79 Å². The Labute approximate surface area is 340 Å². The Morgan fingerprint density at radius 2 is 1.57 bits per heavy atom. The first-order valence-corrected chi connectivity index (χ1v) is 21.9. The number of benzene rings is 4. The van der Waals surface area contributed by atoms with Crippen molar-refractivity contribution in [3.05, 3.63) is 139 Å². The molecule has 4 aromatic carbocycles. The van der Waals surface area contributed by atoms with Gasteiger partial charge in [0.1, 0.15) is 23.9 Å². The quantitative estimate of drug-likeness (QED) is 0.0420. The van der Waals surface area contributed by atoms with Crippen LogP contribution in [-0.2, 0) is 16.2 Å². The molecule has 0 spiro atoms. The van der Waals surface area contributed by atoms with Gasteiger partial charge in [0.15, 0.2) is 0 Å². The Balaban J connectivity index is 1.39. The maximum atomic E-state index is 9.94. The number of aliphatic hydroxyl groups excluding tert-OH is 2. The molecule has 1 saturated carbocycles. The van der Waals surface area contributed by atoms with Crippen molar-refractivity contribution in [2.24, 2.45) is 22.9 Å². The number of thioether (sulfide) groups is 2. The zero-order valence-electron chi connectivity index (χ0n) is 32.1. The Kier molecular flexibility index (Phi) is 14.0. The van der Waals surface area contributed by atoms with E-state index in [1.54, 1.807) is 29.6 Å². The molecular formula is C47H53NO6S2. The summed E-state index contributed by atoms with van der Waals surface area (Å²) in [6, 6.07) is 35.0. The molecule has 9 heteroatoms. The van der Waals surface area contributed by atoms with Crippen molar-refractivity contribution >= 4 is 29.2 Å². The molecule has 294 valence electrons. The van der Waals surface area contributed by atoms with Crippen LogP contribution in [0.25, 0.3) is 0 Å². The Bertz CT molecular complexity index is 1940. The molecule has 2 aliphatic carbocycles. The minimum Gasteiger partial charge on any atom is -0.460 e. The van der Waals surface area contributed by atoms with Gasteiger partial charge in [-0.3, -0.25) is 0 Å². The maximum Gasteiger partial charge on any atom is 0.231 e. The van der Waals surface area contributed by atoms with Crippen LogP contribution in [0.1, 0.15) is 62.0 Å². The van der Waals surface area contributed by atoms with E-state index in [1.165, 1.54) is 4.90 Å². The van der Waals surface area contributed by atoms with E-state index in [2.05, 4.69) is 79.6 Å². The van der Waals surface area contributed by atoms with Crippen LogP contribution in [0.5, 0.6) is 17.2 Å². The van der Waals surface area contributed by atoms with Crippen LogP contribution < -0.4 is 9.47 Å². The lowest BCUT2D eigenvalue weighted by atomic mass is 9.56. The van der Waals surface area contributed by atoms with Crippen molar-refractivity contribution in [1.29, 1.82) is 0 Å². The van der Waals surface area contributed by atoms with Crippen LogP contribution in [-0.4, -0.2) is 53.0 Å². The molecule has 4 aromatic rings. The van der Waals surface area contributed by atoms with E-state index in [1.807, 2.05) is 42.5 Å². The van der Waals surface area contributed by atoms with Crippen molar-refractivity contribution < 1.29 is 29.3 Å². The van der Waals surface area contributed by atoms with E-state index in [9.17, 15) is 10.2 Å². The largest absolute Gasteiger partial charge is 0.460 e. The highest BCUT2D eigenvalue weighted by molar-refractivity contribution is 8.00. The number of unbranched alkanes of at least 4 members (excludes halogenated alkanes) is 2. The molecule has 7 nitrogen and oxygen atoms in total. The van der Waals surface area contributed by atoms with E-state index >= 15 is 0 Å². The summed E-state index contributed by atoms with van der Waals surface area (Å²) in [6.07, 6.45) is 12.0. The molecule has 0 aromatic heterocycles. The van der Waals surface area contributed by atoms with Gasteiger partial charge in [0.25, 0.3) is 0 Å². The highest BCUT2D eigenvalue weighted by Gasteiger charge is 2.64. The second kappa shape index (κ2) is 19.4. The summed E-state index contributed by atoms with van der Waals surface area (Å²) in [7, 11) is 0.